The molecule has 1 aromatic heterocycles. The minimum Gasteiger partial charge on any atom is -0.384 e. The number of anilines is 1. The molecule has 20 heavy (non-hydrogen) atoms. The number of hydrogen-bond acceptors (Lipinski definition) is 5. The molecule has 0 radical (unpaired) electrons. The molecule has 1 atom stereocenters. The van der Waals surface area contributed by atoms with Crippen LogP contribution in [-0.2, 0) is 12.2 Å². The zero-order chi connectivity index (χ0) is 13.8. The Morgan fingerprint density at radius 2 is 2.30 bits per heavy atom. The second kappa shape index (κ2) is 6.31. The Hall–Kier alpha value is -1.49. The van der Waals surface area contributed by atoms with Gasteiger partial charge in [0.05, 0.1) is 5.75 Å². The van der Waals surface area contributed by atoms with Gasteiger partial charge in [0.2, 0.25) is 5.89 Å². The highest BCUT2D eigenvalue weighted by atomic mass is 32.2. The van der Waals surface area contributed by atoms with Crippen LogP contribution in [0.4, 0.5) is 5.69 Å². The zero-order valence-corrected chi connectivity index (χ0v) is 12.4. The summed E-state index contributed by atoms with van der Waals surface area (Å²) in [7, 11) is 0. The van der Waals surface area contributed by atoms with E-state index in [1.54, 1.807) is 0 Å². The van der Waals surface area contributed by atoms with Crippen LogP contribution < -0.4 is 5.32 Å². The van der Waals surface area contributed by atoms with Crippen LogP contribution in [0.2, 0.25) is 0 Å². The predicted octanol–water partition coefficient (Wildman–Crippen LogP) is 3.46. The van der Waals surface area contributed by atoms with Crippen LogP contribution in [0.1, 0.15) is 36.5 Å². The lowest BCUT2D eigenvalue weighted by molar-refractivity contribution is 0.368. The number of rotatable bonds is 6. The Bertz CT molecular complexity index is 570. The molecular weight excluding hydrogens is 270 g/mol. The van der Waals surface area contributed by atoms with E-state index in [2.05, 4.69) is 46.6 Å². The van der Waals surface area contributed by atoms with Crippen LogP contribution >= 0.6 is 11.8 Å². The summed E-state index contributed by atoms with van der Waals surface area (Å²) in [5.41, 5.74) is 2.59. The van der Waals surface area contributed by atoms with E-state index in [1.807, 2.05) is 11.8 Å². The second-order valence-corrected chi connectivity index (χ2v) is 6.13. The Morgan fingerprint density at radius 3 is 3.20 bits per heavy atom. The first-order valence-electron chi connectivity index (χ1n) is 7.09. The van der Waals surface area contributed by atoms with Crippen LogP contribution in [0.3, 0.4) is 0 Å². The Morgan fingerprint density at radius 1 is 1.40 bits per heavy atom. The van der Waals surface area contributed by atoms with Crippen LogP contribution in [0.15, 0.2) is 28.8 Å². The standard InChI is InChI=1S/C15H19N3OS/c1-2-7-20-10-14-17-15(19-18-14)8-11-9-16-13-6-4-3-5-12(11)13/h3-6,11,16H,2,7-10H2,1H3. The summed E-state index contributed by atoms with van der Waals surface area (Å²) in [6.45, 7) is 3.13. The van der Waals surface area contributed by atoms with Gasteiger partial charge in [-0.1, -0.05) is 30.3 Å². The van der Waals surface area contributed by atoms with E-state index in [1.165, 1.54) is 17.7 Å². The summed E-state index contributed by atoms with van der Waals surface area (Å²) in [5, 5.41) is 7.48. The molecule has 0 aliphatic carbocycles. The van der Waals surface area contributed by atoms with E-state index in [0.29, 0.717) is 5.92 Å². The molecule has 3 rings (SSSR count). The van der Waals surface area contributed by atoms with Gasteiger partial charge < -0.3 is 9.84 Å². The molecule has 0 fully saturated rings. The van der Waals surface area contributed by atoms with Crippen molar-refractivity contribution in [1.82, 2.24) is 10.1 Å². The minimum atomic E-state index is 0.433. The third-order valence-electron chi connectivity index (χ3n) is 3.45. The van der Waals surface area contributed by atoms with Gasteiger partial charge in [0.15, 0.2) is 5.82 Å². The normalized spacial score (nSPS) is 16.9. The van der Waals surface area contributed by atoms with Crippen LogP contribution in [-0.4, -0.2) is 22.4 Å². The maximum atomic E-state index is 5.37. The molecule has 1 aromatic carbocycles. The van der Waals surface area contributed by atoms with Gasteiger partial charge in [0.25, 0.3) is 0 Å². The number of para-hydroxylation sites is 1. The molecule has 5 heteroatoms. The zero-order valence-electron chi connectivity index (χ0n) is 11.6. The van der Waals surface area contributed by atoms with Gasteiger partial charge in [0, 0.05) is 24.6 Å². The lowest BCUT2D eigenvalue weighted by Gasteiger charge is -2.05. The molecule has 1 aliphatic heterocycles. The Labute approximate surface area is 123 Å². The van der Waals surface area contributed by atoms with E-state index in [-0.39, 0.29) is 0 Å². The number of nitrogens with one attached hydrogen (secondary N) is 1. The maximum Gasteiger partial charge on any atom is 0.227 e. The minimum absolute atomic E-state index is 0.433. The second-order valence-electron chi connectivity index (χ2n) is 5.03. The van der Waals surface area contributed by atoms with E-state index in [0.717, 1.165) is 36.2 Å². The monoisotopic (exact) mass is 289 g/mol. The topological polar surface area (TPSA) is 51.0 Å². The fourth-order valence-corrected chi connectivity index (χ4v) is 3.22. The number of thioether (sulfide) groups is 1. The van der Waals surface area contributed by atoms with E-state index in [9.17, 15) is 0 Å². The van der Waals surface area contributed by atoms with Gasteiger partial charge in [-0.05, 0) is 23.8 Å². The lowest BCUT2D eigenvalue weighted by Crippen LogP contribution is -2.05. The van der Waals surface area contributed by atoms with Crippen molar-refractivity contribution in [2.75, 3.05) is 17.6 Å². The quantitative estimate of drug-likeness (QED) is 0.825. The van der Waals surface area contributed by atoms with Crippen molar-refractivity contribution in [3.05, 3.63) is 41.5 Å². The molecule has 0 amide bonds. The summed E-state index contributed by atoms with van der Waals surface area (Å²) >= 11 is 1.85. The van der Waals surface area contributed by atoms with Gasteiger partial charge in [-0.3, -0.25) is 0 Å². The van der Waals surface area contributed by atoms with Crippen molar-refractivity contribution < 1.29 is 4.52 Å². The molecule has 1 N–H and O–H groups in total. The van der Waals surface area contributed by atoms with Crippen molar-refractivity contribution in [2.24, 2.45) is 0 Å². The SMILES string of the molecule is CCCSCc1noc(CC2CNc3ccccc32)n1. The van der Waals surface area contributed by atoms with Gasteiger partial charge in [-0.25, -0.2) is 0 Å². The lowest BCUT2D eigenvalue weighted by atomic mass is 9.98. The number of fused-ring (bicyclic) bond motifs is 1. The molecule has 1 aliphatic rings. The highest BCUT2D eigenvalue weighted by Gasteiger charge is 2.24. The molecule has 106 valence electrons. The molecule has 2 heterocycles. The Balaban J connectivity index is 1.62. The first-order valence-corrected chi connectivity index (χ1v) is 8.24. The maximum absolute atomic E-state index is 5.37. The first kappa shape index (κ1) is 13.5. The summed E-state index contributed by atoms with van der Waals surface area (Å²) < 4.78 is 5.37. The summed E-state index contributed by atoms with van der Waals surface area (Å²) in [6.07, 6.45) is 2.00. The molecule has 0 saturated carbocycles. The molecule has 1 unspecified atom stereocenters. The summed E-state index contributed by atoms with van der Waals surface area (Å²) in [6, 6.07) is 8.44. The van der Waals surface area contributed by atoms with Crippen molar-refractivity contribution >= 4 is 17.4 Å². The largest absolute Gasteiger partial charge is 0.384 e. The molecule has 2 aromatic rings. The van der Waals surface area contributed by atoms with Crippen molar-refractivity contribution in [3.63, 3.8) is 0 Å². The average molecular weight is 289 g/mol. The highest BCUT2D eigenvalue weighted by molar-refractivity contribution is 7.98. The van der Waals surface area contributed by atoms with E-state index >= 15 is 0 Å². The molecule has 0 bridgehead atoms. The number of benzene rings is 1. The molecule has 0 saturated heterocycles. The fraction of sp³-hybridized carbons (Fsp3) is 0.467. The Kier molecular flexibility index (Phi) is 4.25. The highest BCUT2D eigenvalue weighted by Crippen LogP contribution is 2.33. The van der Waals surface area contributed by atoms with Crippen molar-refractivity contribution in [2.45, 2.75) is 31.4 Å². The third-order valence-corrected chi connectivity index (χ3v) is 4.61. The molecule has 4 nitrogen and oxygen atoms in total. The van der Waals surface area contributed by atoms with E-state index < -0.39 is 0 Å². The molecular formula is C15H19N3OS. The smallest absolute Gasteiger partial charge is 0.227 e. The average Bonchev–Trinajstić information content (AvgIpc) is 3.08. The molecule has 0 spiro atoms. The van der Waals surface area contributed by atoms with Crippen LogP contribution in [0.25, 0.3) is 0 Å². The van der Waals surface area contributed by atoms with E-state index in [4.69, 9.17) is 4.52 Å². The summed E-state index contributed by atoms with van der Waals surface area (Å²) in [4.78, 5) is 4.49. The van der Waals surface area contributed by atoms with Gasteiger partial charge >= 0.3 is 0 Å². The summed E-state index contributed by atoms with van der Waals surface area (Å²) in [5.74, 6) is 3.99. The van der Waals surface area contributed by atoms with Crippen molar-refractivity contribution in [3.8, 4) is 0 Å². The van der Waals surface area contributed by atoms with Gasteiger partial charge in [-0.15, -0.1) is 0 Å². The number of aromatic nitrogens is 2. The van der Waals surface area contributed by atoms with Gasteiger partial charge in [0.1, 0.15) is 0 Å². The van der Waals surface area contributed by atoms with Crippen LogP contribution in [0, 0.1) is 0 Å². The third kappa shape index (κ3) is 2.98. The fourth-order valence-electron chi connectivity index (χ4n) is 2.49. The first-order chi connectivity index (χ1) is 9.86. The van der Waals surface area contributed by atoms with Crippen LogP contribution in [0.5, 0.6) is 0 Å². The number of hydrogen-bond donors (Lipinski definition) is 1. The van der Waals surface area contributed by atoms with Crippen molar-refractivity contribution in [1.29, 1.82) is 0 Å². The predicted molar refractivity (Wildman–Crippen MR) is 82.1 cm³/mol. The van der Waals surface area contributed by atoms with Gasteiger partial charge in [-0.2, -0.15) is 16.7 Å². The number of nitrogens with zero attached hydrogens (tertiary/aromatic N) is 2.